The van der Waals surface area contributed by atoms with Gasteiger partial charge in [0.25, 0.3) is 0 Å². The Labute approximate surface area is 174 Å². The van der Waals surface area contributed by atoms with Gasteiger partial charge in [-0.15, -0.1) is 24.8 Å². The van der Waals surface area contributed by atoms with Crippen LogP contribution in [0.3, 0.4) is 0 Å². The Balaban J connectivity index is 0.00000288. The van der Waals surface area contributed by atoms with Crippen molar-refractivity contribution in [3.8, 4) is 0 Å². The van der Waals surface area contributed by atoms with E-state index in [2.05, 4.69) is 82.7 Å². The van der Waals surface area contributed by atoms with E-state index in [1.54, 1.807) is 20.6 Å². The average molecular weight is 435 g/mol. The molecule has 0 radical (unpaired) electrons. The van der Waals surface area contributed by atoms with E-state index >= 15 is 0 Å². The van der Waals surface area contributed by atoms with Crippen molar-refractivity contribution in [3.05, 3.63) is 50.4 Å². The summed E-state index contributed by atoms with van der Waals surface area (Å²) in [7, 11) is 0. The molecule has 5 heteroatoms. The van der Waals surface area contributed by atoms with Crippen molar-refractivity contribution in [1.29, 1.82) is 0 Å². The molecule has 1 aromatic carbocycles. The van der Waals surface area contributed by atoms with Gasteiger partial charge >= 0.3 is 150 Å². The second-order valence-electron chi connectivity index (χ2n) is 7.50. The Morgan fingerprint density at radius 1 is 1.00 bits per heavy atom. The van der Waals surface area contributed by atoms with Gasteiger partial charge in [-0.2, -0.15) is 0 Å². The predicted molar refractivity (Wildman–Crippen MR) is 118 cm³/mol. The molecule has 0 heterocycles. The van der Waals surface area contributed by atoms with Crippen molar-refractivity contribution in [3.63, 3.8) is 0 Å². The molecule has 0 saturated carbocycles. The molecule has 1 aromatic rings. The fourth-order valence-electron chi connectivity index (χ4n) is 3.58. The fraction of sp³-hybridized carbons (Fsp3) is 0.500. The minimum atomic E-state index is -1.45. The van der Waals surface area contributed by atoms with Crippen molar-refractivity contribution in [2.24, 2.45) is 5.92 Å². The number of hydrogen-bond acceptors (Lipinski definition) is 1. The number of halogens is 2. The molecule has 0 fully saturated rings. The van der Waals surface area contributed by atoms with Crippen LogP contribution in [-0.4, -0.2) is 6.66 Å². The molecule has 2 rings (SSSR count). The van der Waals surface area contributed by atoms with Gasteiger partial charge in [0, 0.05) is 0 Å². The normalized spacial score (nSPS) is 17.0. The van der Waals surface area contributed by atoms with Crippen LogP contribution < -0.4 is 3.80 Å². The first kappa shape index (κ1) is 25.0. The van der Waals surface area contributed by atoms with E-state index in [1.807, 2.05) is 0 Å². The standard InChI is InChI=1S/C9H12N.C9H13.C2H7Si.2ClH.Ti/c1-7(2)8-5-3-4-6-9(8)10;1-6-5-7(2)9(4)8(6)3;1-3-2;;;/h3-7,10H,1-2H3;6H,1-4H3;3H,1-2H3;2*1H;/q-1;;;;;+1. The van der Waals surface area contributed by atoms with Crippen LogP contribution >= 0.6 is 24.8 Å². The van der Waals surface area contributed by atoms with E-state index in [4.69, 9.17) is 0 Å². The van der Waals surface area contributed by atoms with Crippen LogP contribution in [0.1, 0.15) is 53.0 Å². The molecule has 0 saturated heterocycles. The van der Waals surface area contributed by atoms with Crippen molar-refractivity contribution < 1.29 is 17.4 Å². The molecule has 0 spiro atoms. The number of benzene rings is 1. The van der Waals surface area contributed by atoms with E-state index in [0.717, 1.165) is 0 Å². The predicted octanol–water partition coefficient (Wildman–Crippen LogP) is 6.84. The minimum absolute atomic E-state index is 0. The van der Waals surface area contributed by atoms with Gasteiger partial charge in [0.05, 0.1) is 0 Å². The summed E-state index contributed by atoms with van der Waals surface area (Å²) < 4.78 is 5.92. The van der Waals surface area contributed by atoms with E-state index in [0.29, 0.717) is 11.8 Å². The molecule has 0 aromatic heterocycles. The second kappa shape index (κ2) is 10.4. The summed E-state index contributed by atoms with van der Waals surface area (Å²) in [4.78, 5) is 0. The number of nitrogens with one attached hydrogen (secondary N) is 1. The third kappa shape index (κ3) is 5.26. The Morgan fingerprint density at radius 2 is 1.56 bits per heavy atom. The van der Waals surface area contributed by atoms with Gasteiger partial charge in [0.1, 0.15) is 0 Å². The maximum atomic E-state index is 4.12. The SMILES string of the molecule is CC1=C(C)C(C)[C]([Ti]([NH]c2ccccc2C(C)C)[SiH](C)C)=C1C.Cl.Cl. The summed E-state index contributed by atoms with van der Waals surface area (Å²) in [6, 6.07) is 8.94. The van der Waals surface area contributed by atoms with E-state index in [1.165, 1.54) is 11.3 Å². The second-order valence-corrected chi connectivity index (χ2v) is 20.1. The molecular weight excluding hydrogens is 401 g/mol. The maximum absolute atomic E-state index is 4.12. The van der Waals surface area contributed by atoms with Gasteiger partial charge in [0.15, 0.2) is 0 Å². The molecule has 1 atom stereocenters. The van der Waals surface area contributed by atoms with Gasteiger partial charge in [-0.25, -0.2) is 0 Å². The molecule has 0 bridgehead atoms. The van der Waals surface area contributed by atoms with Crippen molar-refractivity contribution in [2.75, 3.05) is 3.80 Å². The quantitative estimate of drug-likeness (QED) is 0.499. The van der Waals surface area contributed by atoms with Gasteiger partial charge in [-0.1, -0.05) is 0 Å². The monoisotopic (exact) mass is 434 g/mol. The van der Waals surface area contributed by atoms with Gasteiger partial charge < -0.3 is 0 Å². The van der Waals surface area contributed by atoms with Gasteiger partial charge in [-0.05, 0) is 0 Å². The van der Waals surface area contributed by atoms with E-state index in [-0.39, 0.29) is 24.8 Å². The molecule has 1 aliphatic rings. The number of hydrogen-bond donors (Lipinski definition) is 1. The summed E-state index contributed by atoms with van der Waals surface area (Å²) in [5.74, 6) is 1.23. The minimum Gasteiger partial charge on any atom is -0.147 e. The first-order chi connectivity index (χ1) is 10.8. The zero-order valence-electron chi connectivity index (χ0n) is 16.9. The number of rotatable bonds is 5. The van der Waals surface area contributed by atoms with Gasteiger partial charge in [0.2, 0.25) is 0 Å². The van der Waals surface area contributed by atoms with Crippen LogP contribution in [0.15, 0.2) is 44.9 Å². The summed E-state index contributed by atoms with van der Waals surface area (Å²) in [5, 5.41) is 0. The molecule has 1 unspecified atom stereocenters. The third-order valence-corrected chi connectivity index (χ3v) is 16.8. The molecule has 1 aliphatic carbocycles. The smallest absolute Gasteiger partial charge is 0.147 e. The fourth-order valence-corrected chi connectivity index (χ4v) is 14.3. The first-order valence-electron chi connectivity index (χ1n) is 8.87. The zero-order valence-corrected chi connectivity index (χ0v) is 21.2. The van der Waals surface area contributed by atoms with Crippen molar-refractivity contribution >= 4 is 37.2 Å². The molecule has 1 nitrogen and oxygen atoms in total. The number of anilines is 1. The molecule has 141 valence electrons. The largest absolute Gasteiger partial charge is 0.147 e. The Bertz CT molecular complexity index is 653. The van der Waals surface area contributed by atoms with E-state index in [9.17, 15) is 0 Å². The summed E-state index contributed by atoms with van der Waals surface area (Å²) in [6.07, 6.45) is 0. The average Bonchev–Trinajstić information content (AvgIpc) is 2.69. The third-order valence-electron chi connectivity index (χ3n) is 5.36. The first-order valence-corrected chi connectivity index (χ1v) is 16.0. The summed E-state index contributed by atoms with van der Waals surface area (Å²) >= 11 is -1.45. The van der Waals surface area contributed by atoms with Crippen LogP contribution in [0.5, 0.6) is 0 Å². The maximum Gasteiger partial charge on any atom is -0.147 e. The van der Waals surface area contributed by atoms with Crippen LogP contribution in [0.25, 0.3) is 0 Å². The Kier molecular flexibility index (Phi) is 10.4. The molecule has 0 amide bonds. The van der Waals surface area contributed by atoms with E-state index < -0.39 is 24.0 Å². The summed E-state index contributed by atoms with van der Waals surface area (Å²) in [6.45, 7) is 18.4. The van der Waals surface area contributed by atoms with Gasteiger partial charge in [-0.3, -0.25) is 0 Å². The number of para-hydroxylation sites is 1. The number of allylic oxidation sites excluding steroid dienone is 4. The topological polar surface area (TPSA) is 12.0 Å². The zero-order chi connectivity index (χ0) is 17.3. The van der Waals surface area contributed by atoms with Crippen molar-refractivity contribution in [2.45, 2.75) is 60.6 Å². The van der Waals surface area contributed by atoms with Crippen molar-refractivity contribution in [1.82, 2.24) is 0 Å². The van der Waals surface area contributed by atoms with Crippen LogP contribution in [0.4, 0.5) is 5.69 Å². The summed E-state index contributed by atoms with van der Waals surface area (Å²) in [5.41, 5.74) is 7.61. The van der Waals surface area contributed by atoms with Crippen LogP contribution in [0.2, 0.25) is 13.1 Å². The van der Waals surface area contributed by atoms with Crippen LogP contribution in [-0.2, 0) is 17.4 Å². The van der Waals surface area contributed by atoms with Crippen LogP contribution in [0, 0.1) is 5.92 Å². The molecule has 25 heavy (non-hydrogen) atoms. The molecule has 1 N–H and O–H groups in total. The Hall–Kier alpha value is 0.0112. The molecular formula is C20H34Cl2NSiTi. The Morgan fingerprint density at radius 3 is 2.00 bits per heavy atom. The molecule has 0 aliphatic heterocycles.